The van der Waals surface area contributed by atoms with E-state index in [1.165, 1.54) is 23.1 Å². The predicted molar refractivity (Wildman–Crippen MR) is 125 cm³/mol. The van der Waals surface area contributed by atoms with Gasteiger partial charge in [-0.1, -0.05) is 31.2 Å². The van der Waals surface area contributed by atoms with Gasteiger partial charge in [-0.25, -0.2) is 9.97 Å². The SMILES string of the molecule is CC12CC=C3C4CC45CC(O)CCC5CC[C@]3(O)C1CC=C2c1ccc2cncnc2c1. The van der Waals surface area contributed by atoms with Crippen LogP contribution >= 0.6 is 0 Å². The fraction of sp³-hybridized carbons (Fsp3) is 0.571. The Kier molecular flexibility index (Phi) is 3.82. The third kappa shape index (κ3) is 2.40. The van der Waals surface area contributed by atoms with Crippen LogP contribution in [-0.2, 0) is 0 Å². The first-order valence-corrected chi connectivity index (χ1v) is 12.5. The quantitative estimate of drug-likeness (QED) is 0.623. The van der Waals surface area contributed by atoms with Gasteiger partial charge in [0.25, 0.3) is 0 Å². The maximum atomic E-state index is 12.4. The molecule has 0 saturated heterocycles. The summed E-state index contributed by atoms with van der Waals surface area (Å²) in [6.07, 6.45) is 16.3. The molecule has 3 fully saturated rings. The van der Waals surface area contributed by atoms with Gasteiger partial charge in [0.05, 0.1) is 17.2 Å². The molecule has 7 atom stereocenters. The largest absolute Gasteiger partial charge is 0.393 e. The molecule has 1 spiro atoms. The summed E-state index contributed by atoms with van der Waals surface area (Å²) in [6.45, 7) is 2.37. The Labute approximate surface area is 189 Å². The van der Waals surface area contributed by atoms with Crippen molar-refractivity contribution in [1.29, 1.82) is 0 Å². The summed E-state index contributed by atoms with van der Waals surface area (Å²) >= 11 is 0. The Morgan fingerprint density at radius 1 is 1.09 bits per heavy atom. The van der Waals surface area contributed by atoms with E-state index < -0.39 is 5.60 Å². The van der Waals surface area contributed by atoms with E-state index in [1.807, 2.05) is 6.20 Å². The summed E-state index contributed by atoms with van der Waals surface area (Å²) in [6, 6.07) is 6.52. The molecule has 5 aliphatic carbocycles. The zero-order valence-electron chi connectivity index (χ0n) is 18.8. The van der Waals surface area contributed by atoms with Gasteiger partial charge in [-0.15, -0.1) is 0 Å². The Hall–Kier alpha value is -2.04. The molecule has 0 aliphatic heterocycles. The molecule has 7 rings (SSSR count). The molecule has 2 aromatic rings. The first kappa shape index (κ1) is 19.4. The second kappa shape index (κ2) is 6.30. The Morgan fingerprint density at radius 3 is 2.91 bits per heavy atom. The monoisotopic (exact) mass is 428 g/mol. The normalized spacial score (nSPS) is 44.5. The molecule has 5 aliphatic rings. The number of benzene rings is 1. The molecular formula is C28H32N2O2. The first-order chi connectivity index (χ1) is 15.4. The van der Waals surface area contributed by atoms with Gasteiger partial charge in [-0.3, -0.25) is 0 Å². The van der Waals surface area contributed by atoms with Crippen molar-refractivity contribution in [3.8, 4) is 0 Å². The van der Waals surface area contributed by atoms with Crippen LogP contribution in [0.3, 0.4) is 0 Å². The lowest BCUT2D eigenvalue weighted by molar-refractivity contribution is -0.0389. The summed E-state index contributed by atoms with van der Waals surface area (Å²) in [4.78, 5) is 8.62. The smallest absolute Gasteiger partial charge is 0.116 e. The third-order valence-corrected chi connectivity index (χ3v) is 10.2. The zero-order valence-corrected chi connectivity index (χ0v) is 18.8. The lowest BCUT2D eigenvalue weighted by Crippen LogP contribution is -2.49. The van der Waals surface area contributed by atoms with Crippen LogP contribution in [0.4, 0.5) is 0 Å². The maximum absolute atomic E-state index is 12.4. The number of aliphatic hydroxyl groups excluding tert-OH is 1. The minimum Gasteiger partial charge on any atom is -0.393 e. The number of aromatic nitrogens is 2. The lowest BCUT2D eigenvalue weighted by atomic mass is 9.58. The van der Waals surface area contributed by atoms with Crippen LogP contribution < -0.4 is 0 Å². The van der Waals surface area contributed by atoms with Crippen molar-refractivity contribution in [2.75, 3.05) is 0 Å². The molecule has 0 bridgehead atoms. The van der Waals surface area contributed by atoms with Crippen molar-refractivity contribution in [1.82, 2.24) is 9.97 Å². The first-order valence-electron chi connectivity index (χ1n) is 12.5. The number of rotatable bonds is 1. The van der Waals surface area contributed by atoms with E-state index >= 15 is 0 Å². The van der Waals surface area contributed by atoms with Crippen LogP contribution in [0.1, 0.15) is 63.9 Å². The van der Waals surface area contributed by atoms with Crippen molar-refractivity contribution in [3.63, 3.8) is 0 Å². The Balaban J connectivity index is 1.27. The highest BCUT2D eigenvalue weighted by molar-refractivity contribution is 5.84. The molecule has 3 saturated carbocycles. The van der Waals surface area contributed by atoms with Crippen LogP contribution in [0, 0.1) is 28.6 Å². The highest BCUT2D eigenvalue weighted by Gasteiger charge is 2.68. The fourth-order valence-electron chi connectivity index (χ4n) is 8.57. The topological polar surface area (TPSA) is 66.2 Å². The predicted octanol–water partition coefficient (Wildman–Crippen LogP) is 5.06. The third-order valence-electron chi connectivity index (χ3n) is 10.2. The van der Waals surface area contributed by atoms with Crippen LogP contribution in [0.25, 0.3) is 16.5 Å². The minimum absolute atomic E-state index is 0.0595. The average molecular weight is 429 g/mol. The van der Waals surface area contributed by atoms with Crippen molar-refractivity contribution in [2.24, 2.45) is 28.6 Å². The second-order valence-electron chi connectivity index (χ2n) is 11.6. The van der Waals surface area contributed by atoms with Crippen LogP contribution in [0.15, 0.2) is 48.4 Å². The summed E-state index contributed by atoms with van der Waals surface area (Å²) in [7, 11) is 0. The van der Waals surface area contributed by atoms with Gasteiger partial charge in [-0.2, -0.15) is 0 Å². The second-order valence-corrected chi connectivity index (χ2v) is 11.6. The Bertz CT molecular complexity index is 1190. The van der Waals surface area contributed by atoms with Crippen molar-refractivity contribution < 1.29 is 10.2 Å². The number of aliphatic hydroxyl groups is 2. The number of allylic oxidation sites excluding steroid dienone is 3. The van der Waals surface area contributed by atoms with E-state index in [-0.39, 0.29) is 22.9 Å². The zero-order chi connectivity index (χ0) is 21.7. The molecule has 166 valence electrons. The number of fused-ring (bicyclic) bond motifs is 5. The number of nitrogens with zero attached hydrogens (tertiary/aromatic N) is 2. The maximum Gasteiger partial charge on any atom is 0.116 e. The summed E-state index contributed by atoms with van der Waals surface area (Å²) in [5, 5.41) is 23.8. The molecule has 6 unspecified atom stereocenters. The van der Waals surface area contributed by atoms with E-state index in [0.29, 0.717) is 11.8 Å². The van der Waals surface area contributed by atoms with Gasteiger partial charge in [0, 0.05) is 22.9 Å². The Morgan fingerprint density at radius 2 is 2.00 bits per heavy atom. The average Bonchev–Trinajstić information content (AvgIpc) is 3.36. The molecule has 32 heavy (non-hydrogen) atoms. The molecule has 0 amide bonds. The minimum atomic E-state index is -0.708. The standard InChI is InChI=1S/C28H32N2O2/c1-26-10-9-22-23-14-27(23)13-20(31)5-4-19(27)8-11-28(22,32)25(26)7-6-21(26)17-2-3-18-15-29-16-30-24(18)12-17/h2-3,6,9,12,15-16,19-20,23,25,31-32H,4-5,7-8,10-11,13-14H2,1H3/t19?,20?,23?,25?,26?,27?,28-/m1/s1. The van der Waals surface area contributed by atoms with E-state index in [0.717, 1.165) is 55.8 Å². The van der Waals surface area contributed by atoms with Crippen LogP contribution in [-0.4, -0.2) is 31.9 Å². The van der Waals surface area contributed by atoms with Gasteiger partial charge in [-0.05, 0) is 91.4 Å². The van der Waals surface area contributed by atoms with Gasteiger partial charge in [0.2, 0.25) is 0 Å². The van der Waals surface area contributed by atoms with E-state index in [9.17, 15) is 10.2 Å². The van der Waals surface area contributed by atoms with E-state index in [4.69, 9.17) is 0 Å². The highest BCUT2D eigenvalue weighted by atomic mass is 16.3. The molecule has 4 nitrogen and oxygen atoms in total. The van der Waals surface area contributed by atoms with E-state index in [1.54, 1.807) is 6.33 Å². The van der Waals surface area contributed by atoms with Crippen molar-refractivity contribution in [3.05, 3.63) is 54.0 Å². The molecular weight excluding hydrogens is 396 g/mol. The molecule has 1 aromatic heterocycles. The molecule has 4 heteroatoms. The molecule has 1 heterocycles. The van der Waals surface area contributed by atoms with Gasteiger partial charge < -0.3 is 10.2 Å². The van der Waals surface area contributed by atoms with E-state index in [2.05, 4.69) is 47.2 Å². The molecule has 0 radical (unpaired) electrons. The van der Waals surface area contributed by atoms with Crippen LogP contribution in [0.2, 0.25) is 0 Å². The van der Waals surface area contributed by atoms with Crippen molar-refractivity contribution >= 4 is 16.5 Å². The lowest BCUT2D eigenvalue weighted by Gasteiger charge is -2.49. The molecule has 2 N–H and O–H groups in total. The van der Waals surface area contributed by atoms with Gasteiger partial charge in [0.15, 0.2) is 0 Å². The summed E-state index contributed by atoms with van der Waals surface area (Å²) < 4.78 is 0. The van der Waals surface area contributed by atoms with Crippen molar-refractivity contribution in [2.45, 2.75) is 70.0 Å². The van der Waals surface area contributed by atoms with Gasteiger partial charge in [0.1, 0.15) is 6.33 Å². The molecule has 1 aromatic carbocycles. The summed E-state index contributed by atoms with van der Waals surface area (Å²) in [5.41, 5.74) is 4.42. The fourth-order valence-corrected chi connectivity index (χ4v) is 8.57. The van der Waals surface area contributed by atoms with Gasteiger partial charge >= 0.3 is 0 Å². The van der Waals surface area contributed by atoms with Crippen LogP contribution in [0.5, 0.6) is 0 Å². The summed E-state index contributed by atoms with van der Waals surface area (Å²) in [5.74, 6) is 1.39. The highest BCUT2D eigenvalue weighted by Crippen LogP contribution is 2.74. The number of hydrogen-bond donors (Lipinski definition) is 2. The number of hydrogen-bond acceptors (Lipinski definition) is 4.